The monoisotopic (exact) mass is 124 g/mol. The molecule has 0 spiro atoms. The van der Waals surface area contributed by atoms with Crippen LogP contribution in [0.5, 0.6) is 0 Å². The Morgan fingerprint density at radius 2 is 1.67 bits per heavy atom. The van der Waals surface area contributed by atoms with E-state index in [0.717, 1.165) is 13.1 Å². The van der Waals surface area contributed by atoms with Crippen LogP contribution in [-0.4, -0.2) is 24.3 Å². The van der Waals surface area contributed by atoms with Crippen LogP contribution in [0.25, 0.3) is 0 Å². The van der Waals surface area contributed by atoms with Crippen molar-refractivity contribution in [1.29, 1.82) is 5.41 Å². The standard InChI is InChI=1S/C7H12N2/c1-3-5-9(7-8)6-4-2/h3-4,7-8H,1-2,5-6H2. The van der Waals surface area contributed by atoms with E-state index in [9.17, 15) is 0 Å². The van der Waals surface area contributed by atoms with Gasteiger partial charge in [-0.25, -0.2) is 0 Å². The van der Waals surface area contributed by atoms with E-state index in [1.807, 2.05) is 0 Å². The molecule has 0 aliphatic heterocycles. The molecular weight excluding hydrogens is 112 g/mol. The van der Waals surface area contributed by atoms with E-state index in [1.165, 1.54) is 6.34 Å². The van der Waals surface area contributed by atoms with Crippen molar-refractivity contribution in [3.8, 4) is 0 Å². The molecule has 0 radical (unpaired) electrons. The van der Waals surface area contributed by atoms with E-state index in [2.05, 4.69) is 13.2 Å². The minimum Gasteiger partial charge on any atom is -0.356 e. The molecule has 0 bridgehead atoms. The van der Waals surface area contributed by atoms with Crippen LogP contribution < -0.4 is 0 Å². The van der Waals surface area contributed by atoms with Gasteiger partial charge in [0.05, 0.1) is 6.34 Å². The maximum absolute atomic E-state index is 6.87. The molecule has 0 atom stereocenters. The lowest BCUT2D eigenvalue weighted by atomic mass is 10.5. The van der Waals surface area contributed by atoms with E-state index in [4.69, 9.17) is 5.41 Å². The van der Waals surface area contributed by atoms with E-state index in [-0.39, 0.29) is 0 Å². The fourth-order valence-corrected chi connectivity index (χ4v) is 0.512. The average Bonchev–Trinajstić information content (AvgIpc) is 1.88. The molecule has 0 heterocycles. The normalized spacial score (nSPS) is 8.00. The number of hydrogen-bond donors (Lipinski definition) is 1. The van der Waals surface area contributed by atoms with Crippen LogP contribution in [0.4, 0.5) is 0 Å². The molecule has 0 unspecified atom stereocenters. The lowest BCUT2D eigenvalue weighted by Gasteiger charge is -2.12. The summed E-state index contributed by atoms with van der Waals surface area (Å²) >= 11 is 0. The van der Waals surface area contributed by atoms with Crippen molar-refractivity contribution < 1.29 is 0 Å². The van der Waals surface area contributed by atoms with E-state index in [0.29, 0.717) is 0 Å². The Morgan fingerprint density at radius 3 is 1.89 bits per heavy atom. The van der Waals surface area contributed by atoms with E-state index in [1.54, 1.807) is 17.1 Å². The van der Waals surface area contributed by atoms with Crippen LogP contribution in [0, 0.1) is 5.41 Å². The molecule has 1 N–H and O–H groups in total. The van der Waals surface area contributed by atoms with Crippen LogP contribution in [0.2, 0.25) is 0 Å². The fourth-order valence-electron chi connectivity index (χ4n) is 0.512. The van der Waals surface area contributed by atoms with Crippen LogP contribution in [0.3, 0.4) is 0 Å². The summed E-state index contributed by atoms with van der Waals surface area (Å²) in [5, 5.41) is 6.87. The quantitative estimate of drug-likeness (QED) is 0.333. The van der Waals surface area contributed by atoms with Crippen molar-refractivity contribution in [3.05, 3.63) is 25.3 Å². The second-order valence-corrected chi connectivity index (χ2v) is 1.66. The topological polar surface area (TPSA) is 27.1 Å². The maximum Gasteiger partial charge on any atom is 0.0822 e. The predicted molar refractivity (Wildman–Crippen MR) is 40.8 cm³/mol. The number of nitrogens with zero attached hydrogens (tertiary/aromatic N) is 1. The van der Waals surface area contributed by atoms with Gasteiger partial charge in [-0.15, -0.1) is 13.2 Å². The highest BCUT2D eigenvalue weighted by Gasteiger charge is 1.88. The summed E-state index contributed by atoms with van der Waals surface area (Å²) in [5.41, 5.74) is 0. The molecular formula is C7H12N2. The van der Waals surface area contributed by atoms with Gasteiger partial charge in [-0.2, -0.15) is 0 Å². The Balaban J connectivity index is 3.51. The lowest BCUT2D eigenvalue weighted by Crippen LogP contribution is -2.20. The van der Waals surface area contributed by atoms with Gasteiger partial charge in [0.2, 0.25) is 0 Å². The van der Waals surface area contributed by atoms with E-state index < -0.39 is 0 Å². The minimum atomic E-state index is 0.718. The maximum atomic E-state index is 6.87. The Bertz CT molecular complexity index is 97.5. The molecule has 0 saturated heterocycles. The number of nitrogens with one attached hydrogen (secondary N) is 1. The van der Waals surface area contributed by atoms with Crippen LogP contribution in [-0.2, 0) is 0 Å². The zero-order chi connectivity index (χ0) is 7.11. The van der Waals surface area contributed by atoms with Gasteiger partial charge in [0, 0.05) is 13.1 Å². The van der Waals surface area contributed by atoms with Gasteiger partial charge in [-0.1, -0.05) is 12.2 Å². The van der Waals surface area contributed by atoms with Crippen molar-refractivity contribution in [1.82, 2.24) is 4.90 Å². The van der Waals surface area contributed by atoms with Crippen molar-refractivity contribution in [2.24, 2.45) is 0 Å². The molecule has 0 rings (SSSR count). The third kappa shape index (κ3) is 3.53. The second kappa shape index (κ2) is 5.09. The Labute approximate surface area is 56.0 Å². The molecule has 50 valence electrons. The number of rotatable bonds is 5. The summed E-state index contributed by atoms with van der Waals surface area (Å²) in [7, 11) is 0. The fraction of sp³-hybridized carbons (Fsp3) is 0.286. The first-order chi connectivity index (χ1) is 4.35. The summed E-state index contributed by atoms with van der Waals surface area (Å²) in [5.74, 6) is 0. The Hall–Kier alpha value is -1.05. The molecule has 2 nitrogen and oxygen atoms in total. The van der Waals surface area contributed by atoms with Gasteiger partial charge < -0.3 is 4.90 Å². The Kier molecular flexibility index (Phi) is 4.50. The molecule has 0 aromatic heterocycles. The zero-order valence-electron chi connectivity index (χ0n) is 5.51. The molecule has 0 saturated carbocycles. The third-order valence-electron chi connectivity index (χ3n) is 0.910. The second-order valence-electron chi connectivity index (χ2n) is 1.66. The molecule has 0 aromatic rings. The molecule has 0 fully saturated rings. The first-order valence-electron chi connectivity index (χ1n) is 2.81. The third-order valence-corrected chi connectivity index (χ3v) is 0.910. The van der Waals surface area contributed by atoms with Crippen LogP contribution in [0.15, 0.2) is 25.3 Å². The van der Waals surface area contributed by atoms with Crippen molar-refractivity contribution in [3.63, 3.8) is 0 Å². The van der Waals surface area contributed by atoms with Crippen LogP contribution in [0.1, 0.15) is 0 Å². The Morgan fingerprint density at radius 1 is 1.22 bits per heavy atom. The first kappa shape index (κ1) is 7.95. The van der Waals surface area contributed by atoms with Gasteiger partial charge in [0.25, 0.3) is 0 Å². The molecule has 0 amide bonds. The number of hydrogen-bond acceptors (Lipinski definition) is 1. The highest BCUT2D eigenvalue weighted by atomic mass is 15.1. The summed E-state index contributed by atoms with van der Waals surface area (Å²) in [4.78, 5) is 1.79. The van der Waals surface area contributed by atoms with Gasteiger partial charge in [-0.05, 0) is 0 Å². The SMILES string of the molecule is C=CCN(C=N)CC=C. The summed E-state index contributed by atoms with van der Waals surface area (Å²) in [6.45, 7) is 8.54. The summed E-state index contributed by atoms with van der Waals surface area (Å²) in [6, 6.07) is 0. The first-order valence-corrected chi connectivity index (χ1v) is 2.81. The van der Waals surface area contributed by atoms with Crippen LogP contribution >= 0.6 is 0 Å². The van der Waals surface area contributed by atoms with Crippen molar-refractivity contribution >= 4 is 6.34 Å². The highest BCUT2D eigenvalue weighted by molar-refractivity contribution is 5.51. The van der Waals surface area contributed by atoms with Crippen molar-refractivity contribution in [2.45, 2.75) is 0 Å². The summed E-state index contributed by atoms with van der Waals surface area (Å²) in [6.07, 6.45) is 4.80. The minimum absolute atomic E-state index is 0.718. The van der Waals surface area contributed by atoms with E-state index >= 15 is 0 Å². The molecule has 2 heteroatoms. The van der Waals surface area contributed by atoms with Gasteiger partial charge in [0.15, 0.2) is 0 Å². The van der Waals surface area contributed by atoms with Crippen molar-refractivity contribution in [2.75, 3.05) is 13.1 Å². The smallest absolute Gasteiger partial charge is 0.0822 e. The predicted octanol–water partition coefficient (Wildman–Crippen LogP) is 1.27. The average molecular weight is 124 g/mol. The largest absolute Gasteiger partial charge is 0.356 e. The molecule has 0 aliphatic rings. The highest BCUT2D eigenvalue weighted by Crippen LogP contribution is 1.81. The van der Waals surface area contributed by atoms with Gasteiger partial charge in [-0.3, -0.25) is 5.41 Å². The summed E-state index contributed by atoms with van der Waals surface area (Å²) < 4.78 is 0. The molecule has 9 heavy (non-hydrogen) atoms. The van der Waals surface area contributed by atoms with Gasteiger partial charge >= 0.3 is 0 Å². The molecule has 0 aliphatic carbocycles. The zero-order valence-corrected chi connectivity index (χ0v) is 5.51. The lowest BCUT2D eigenvalue weighted by molar-refractivity contribution is 0.526. The van der Waals surface area contributed by atoms with Gasteiger partial charge in [0.1, 0.15) is 0 Å². The molecule has 0 aromatic carbocycles.